The summed E-state index contributed by atoms with van der Waals surface area (Å²) in [7, 11) is 1.49. The Morgan fingerprint density at radius 3 is 2.55 bits per heavy atom. The van der Waals surface area contributed by atoms with Gasteiger partial charge in [0.05, 0.1) is 0 Å². The summed E-state index contributed by atoms with van der Waals surface area (Å²) in [6, 6.07) is 7.59. The van der Waals surface area contributed by atoms with Crippen LogP contribution in [0.2, 0.25) is 5.02 Å². The number of anilines is 2. The van der Waals surface area contributed by atoms with Gasteiger partial charge in [-0.05, 0) is 18.2 Å². The highest BCUT2D eigenvalue weighted by Gasteiger charge is 2.26. The molecule has 0 aliphatic carbocycles. The van der Waals surface area contributed by atoms with Gasteiger partial charge in [-0.25, -0.2) is 4.79 Å². The summed E-state index contributed by atoms with van der Waals surface area (Å²) in [4.78, 5) is 46.4. The number of fused-ring (bicyclic) bond motifs is 1. The third kappa shape index (κ3) is 3.46. The number of carboxylic acids is 1. The number of aryl methyl sites for hydroxylation is 1. The van der Waals surface area contributed by atoms with Crippen molar-refractivity contribution >= 4 is 40.4 Å². The van der Waals surface area contributed by atoms with Crippen molar-refractivity contribution in [3.63, 3.8) is 0 Å². The van der Waals surface area contributed by atoms with Crippen molar-refractivity contribution in [2.24, 2.45) is 7.05 Å². The number of nitrogens with one attached hydrogen (secondary N) is 1. The molecule has 0 amide bonds. The Morgan fingerprint density at radius 1 is 1.21 bits per heavy atom. The first kappa shape index (κ1) is 19.1. The number of rotatable bonds is 4. The van der Waals surface area contributed by atoms with Crippen LogP contribution in [0.5, 0.6) is 0 Å². The van der Waals surface area contributed by atoms with Gasteiger partial charge in [-0.3, -0.25) is 23.7 Å². The van der Waals surface area contributed by atoms with E-state index >= 15 is 0 Å². The molecule has 2 N–H and O–H groups in total. The second-order valence-electron chi connectivity index (χ2n) is 6.84. The molecule has 10 nitrogen and oxygen atoms in total. The number of hydrogen-bond acceptors (Lipinski definition) is 6. The zero-order valence-corrected chi connectivity index (χ0v) is 16.4. The molecule has 0 radical (unpaired) electrons. The highest BCUT2D eigenvalue weighted by Crippen LogP contribution is 2.24. The average molecular weight is 419 g/mol. The second kappa shape index (κ2) is 7.28. The number of aromatic amines is 1. The van der Waals surface area contributed by atoms with Crippen LogP contribution in [0.3, 0.4) is 0 Å². The smallest absolute Gasteiger partial charge is 0.329 e. The largest absolute Gasteiger partial charge is 0.480 e. The first-order valence-corrected chi connectivity index (χ1v) is 9.40. The Bertz CT molecular complexity index is 1210. The van der Waals surface area contributed by atoms with Gasteiger partial charge >= 0.3 is 11.7 Å². The summed E-state index contributed by atoms with van der Waals surface area (Å²) in [5.41, 5.74) is -0.00969. The fourth-order valence-corrected chi connectivity index (χ4v) is 3.77. The van der Waals surface area contributed by atoms with E-state index in [0.717, 1.165) is 5.69 Å². The first-order valence-electron chi connectivity index (χ1n) is 9.02. The van der Waals surface area contributed by atoms with Crippen molar-refractivity contribution in [2.75, 3.05) is 36.0 Å². The molecule has 3 heterocycles. The van der Waals surface area contributed by atoms with E-state index in [4.69, 9.17) is 11.6 Å². The van der Waals surface area contributed by atoms with Crippen LogP contribution in [0.25, 0.3) is 11.2 Å². The van der Waals surface area contributed by atoms with Gasteiger partial charge in [-0.15, -0.1) is 0 Å². The topological polar surface area (TPSA) is 116 Å². The molecule has 2 aromatic heterocycles. The molecule has 29 heavy (non-hydrogen) atoms. The van der Waals surface area contributed by atoms with E-state index in [1.165, 1.54) is 16.2 Å². The molecule has 0 atom stereocenters. The number of carboxylic acid groups (broad SMARTS) is 1. The standard InChI is InChI=1S/C18H19ClN6O4/c1-22-15-14(16(28)21-18(22)29)25(10-13(26)27)17(20-15)24-7-5-23(6-8-24)12-4-2-3-11(19)9-12/h2-4,9H,5-8,10H2,1H3,(H,26,27)(H,21,28,29). The zero-order chi connectivity index (χ0) is 20.7. The number of benzene rings is 1. The van der Waals surface area contributed by atoms with Crippen LogP contribution in [0, 0.1) is 0 Å². The number of carbonyl (C=O) groups is 1. The molecule has 1 aromatic carbocycles. The van der Waals surface area contributed by atoms with Gasteiger partial charge in [-0.1, -0.05) is 17.7 Å². The van der Waals surface area contributed by atoms with Gasteiger partial charge in [0.1, 0.15) is 6.54 Å². The minimum atomic E-state index is -1.10. The van der Waals surface area contributed by atoms with Crippen molar-refractivity contribution in [3.8, 4) is 0 Å². The lowest BCUT2D eigenvalue weighted by Gasteiger charge is -2.36. The molecule has 4 rings (SSSR count). The number of piperazine rings is 1. The molecule has 0 spiro atoms. The predicted molar refractivity (Wildman–Crippen MR) is 109 cm³/mol. The molecule has 1 saturated heterocycles. The highest BCUT2D eigenvalue weighted by atomic mass is 35.5. The van der Waals surface area contributed by atoms with E-state index in [0.29, 0.717) is 37.1 Å². The molecular weight excluding hydrogens is 400 g/mol. The molecule has 1 aliphatic rings. The minimum absolute atomic E-state index is 0.0711. The monoisotopic (exact) mass is 418 g/mol. The van der Waals surface area contributed by atoms with Gasteiger partial charge < -0.3 is 14.9 Å². The lowest BCUT2D eigenvalue weighted by molar-refractivity contribution is -0.137. The SMILES string of the molecule is Cn1c(=O)[nH]c(=O)c2c1nc(N1CCN(c3cccc(Cl)c3)CC1)n2CC(=O)O. The summed E-state index contributed by atoms with van der Waals surface area (Å²) >= 11 is 6.08. The van der Waals surface area contributed by atoms with E-state index in [9.17, 15) is 19.5 Å². The lowest BCUT2D eigenvalue weighted by Crippen LogP contribution is -2.47. The van der Waals surface area contributed by atoms with Crippen LogP contribution in [0.4, 0.5) is 11.6 Å². The Morgan fingerprint density at radius 2 is 1.90 bits per heavy atom. The van der Waals surface area contributed by atoms with E-state index in [1.54, 1.807) is 0 Å². The van der Waals surface area contributed by atoms with Crippen LogP contribution in [-0.2, 0) is 18.4 Å². The summed E-state index contributed by atoms with van der Waals surface area (Å²) in [5.74, 6) is -0.740. The van der Waals surface area contributed by atoms with Gasteiger partial charge in [-0.2, -0.15) is 4.98 Å². The average Bonchev–Trinajstić information content (AvgIpc) is 3.05. The number of aromatic nitrogens is 4. The third-order valence-electron chi connectivity index (χ3n) is 5.02. The number of nitrogens with zero attached hydrogens (tertiary/aromatic N) is 5. The van der Waals surface area contributed by atoms with Gasteiger partial charge in [0, 0.05) is 43.9 Å². The summed E-state index contributed by atoms with van der Waals surface area (Å²) in [6.45, 7) is 2.06. The zero-order valence-electron chi connectivity index (χ0n) is 15.6. The molecule has 11 heteroatoms. The first-order chi connectivity index (χ1) is 13.8. The number of H-pyrrole nitrogens is 1. The molecular formula is C18H19ClN6O4. The molecule has 0 unspecified atom stereocenters. The normalized spacial score (nSPS) is 14.6. The summed E-state index contributed by atoms with van der Waals surface area (Å²) in [5, 5.41) is 9.99. The Hall–Kier alpha value is -3.27. The molecule has 3 aromatic rings. The Kier molecular flexibility index (Phi) is 4.79. The second-order valence-corrected chi connectivity index (χ2v) is 7.27. The number of hydrogen-bond donors (Lipinski definition) is 2. The highest BCUT2D eigenvalue weighted by molar-refractivity contribution is 6.30. The maximum absolute atomic E-state index is 12.4. The molecule has 152 valence electrons. The summed E-state index contributed by atoms with van der Waals surface area (Å²) in [6.07, 6.45) is 0. The molecule has 0 saturated carbocycles. The Labute approximate surface area is 169 Å². The fourth-order valence-electron chi connectivity index (χ4n) is 3.59. The minimum Gasteiger partial charge on any atom is -0.480 e. The van der Waals surface area contributed by atoms with Gasteiger partial charge in [0.15, 0.2) is 11.2 Å². The number of aliphatic carboxylic acids is 1. The number of halogens is 1. The lowest BCUT2D eigenvalue weighted by atomic mass is 10.2. The molecule has 0 bridgehead atoms. The maximum Gasteiger partial charge on any atom is 0.329 e. The third-order valence-corrected chi connectivity index (χ3v) is 5.25. The van der Waals surface area contributed by atoms with Crippen molar-refractivity contribution in [1.82, 2.24) is 19.1 Å². The van der Waals surface area contributed by atoms with E-state index < -0.39 is 23.8 Å². The van der Waals surface area contributed by atoms with Crippen molar-refractivity contribution in [3.05, 3.63) is 50.1 Å². The van der Waals surface area contributed by atoms with Crippen molar-refractivity contribution < 1.29 is 9.90 Å². The number of imidazole rings is 1. The fraction of sp³-hybridized carbons (Fsp3) is 0.333. The Balaban J connectivity index is 1.70. The molecule has 1 fully saturated rings. The maximum atomic E-state index is 12.4. The van der Waals surface area contributed by atoms with Crippen LogP contribution < -0.4 is 21.0 Å². The van der Waals surface area contributed by atoms with Crippen molar-refractivity contribution in [2.45, 2.75) is 6.54 Å². The van der Waals surface area contributed by atoms with E-state index in [2.05, 4.69) is 14.9 Å². The van der Waals surface area contributed by atoms with E-state index in [-0.39, 0.29) is 11.2 Å². The predicted octanol–water partition coefficient (Wildman–Crippen LogP) is 0.488. The van der Waals surface area contributed by atoms with Crippen LogP contribution in [0.15, 0.2) is 33.9 Å². The van der Waals surface area contributed by atoms with Crippen molar-refractivity contribution in [1.29, 1.82) is 0 Å². The van der Waals surface area contributed by atoms with Gasteiger partial charge in [0.2, 0.25) is 5.95 Å². The van der Waals surface area contributed by atoms with Gasteiger partial charge in [0.25, 0.3) is 5.56 Å². The summed E-state index contributed by atoms with van der Waals surface area (Å²) < 4.78 is 2.56. The van der Waals surface area contributed by atoms with E-state index in [1.807, 2.05) is 29.2 Å². The van der Waals surface area contributed by atoms with Crippen LogP contribution in [0.1, 0.15) is 0 Å². The molecule has 1 aliphatic heterocycles. The quantitative estimate of drug-likeness (QED) is 0.633. The van der Waals surface area contributed by atoms with Crippen LogP contribution >= 0.6 is 11.6 Å². The van der Waals surface area contributed by atoms with Crippen LogP contribution in [-0.4, -0.2) is 56.4 Å².